The van der Waals surface area contributed by atoms with Crippen molar-refractivity contribution in [1.82, 2.24) is 4.98 Å². The lowest BCUT2D eigenvalue weighted by molar-refractivity contribution is 1.51. The van der Waals surface area contributed by atoms with E-state index in [1.807, 2.05) is 0 Å². The molecular formula is C5H3NS3. The molecule has 46 valence electrons. The lowest BCUT2D eigenvalue weighted by Crippen LogP contribution is -1.50. The van der Waals surface area contributed by atoms with Crippen LogP contribution in [0.5, 0.6) is 0 Å². The van der Waals surface area contributed by atoms with Gasteiger partial charge < -0.3 is 4.98 Å². The predicted octanol–water partition coefficient (Wildman–Crippen LogP) is 3.02. The van der Waals surface area contributed by atoms with E-state index in [9.17, 15) is 0 Å². The Labute approximate surface area is 65.0 Å². The van der Waals surface area contributed by atoms with Crippen molar-refractivity contribution in [2.75, 3.05) is 0 Å². The lowest BCUT2D eigenvalue weighted by Gasteiger charge is -1.65. The summed E-state index contributed by atoms with van der Waals surface area (Å²) in [6, 6.07) is 2.08. The molecule has 2 aromatic heterocycles. The summed E-state index contributed by atoms with van der Waals surface area (Å²) in [5.41, 5.74) is 0. The fourth-order valence-corrected chi connectivity index (χ4v) is 2.86. The Morgan fingerprint density at radius 1 is 1.56 bits per heavy atom. The van der Waals surface area contributed by atoms with Gasteiger partial charge in [-0.3, -0.25) is 0 Å². The minimum atomic E-state index is 0.872. The van der Waals surface area contributed by atoms with Gasteiger partial charge in [0.05, 0.1) is 4.70 Å². The first-order valence-corrected chi connectivity index (χ1v) is 4.53. The number of hydrogen-bond acceptors (Lipinski definition) is 3. The van der Waals surface area contributed by atoms with Crippen LogP contribution in [0.1, 0.15) is 0 Å². The van der Waals surface area contributed by atoms with E-state index >= 15 is 0 Å². The second kappa shape index (κ2) is 1.90. The summed E-state index contributed by atoms with van der Waals surface area (Å²) >= 11 is 8.26. The molecule has 2 heterocycles. The fourth-order valence-electron chi connectivity index (χ4n) is 0.687. The van der Waals surface area contributed by atoms with Gasteiger partial charge in [0.2, 0.25) is 0 Å². The summed E-state index contributed by atoms with van der Waals surface area (Å²) in [6.45, 7) is 0. The highest BCUT2D eigenvalue weighted by Crippen LogP contribution is 2.23. The number of rotatable bonds is 0. The molecule has 0 saturated carbocycles. The minimum Gasteiger partial charge on any atom is -0.329 e. The molecule has 9 heavy (non-hydrogen) atoms. The van der Waals surface area contributed by atoms with Crippen LogP contribution in [-0.2, 0) is 0 Å². The van der Waals surface area contributed by atoms with E-state index in [4.69, 9.17) is 12.2 Å². The van der Waals surface area contributed by atoms with Gasteiger partial charge in [-0.1, -0.05) is 0 Å². The Hall–Kier alpha value is -0.190. The second-order valence-electron chi connectivity index (χ2n) is 1.63. The number of thiazole rings is 1. The zero-order chi connectivity index (χ0) is 6.27. The van der Waals surface area contributed by atoms with Gasteiger partial charge >= 0.3 is 0 Å². The van der Waals surface area contributed by atoms with Crippen LogP contribution in [-0.4, -0.2) is 4.98 Å². The molecule has 0 radical (unpaired) electrons. The summed E-state index contributed by atoms with van der Waals surface area (Å²) in [4.78, 5) is 4.29. The molecular weight excluding hydrogens is 170 g/mol. The molecule has 0 aliphatic carbocycles. The van der Waals surface area contributed by atoms with Crippen molar-refractivity contribution in [3.8, 4) is 0 Å². The molecule has 4 heteroatoms. The second-order valence-corrected chi connectivity index (χ2v) is 4.26. The number of thiophene rings is 1. The van der Waals surface area contributed by atoms with Crippen molar-refractivity contribution in [1.29, 1.82) is 0 Å². The van der Waals surface area contributed by atoms with E-state index in [0.717, 1.165) is 3.95 Å². The third-order valence-electron chi connectivity index (χ3n) is 1.05. The van der Waals surface area contributed by atoms with Gasteiger partial charge in [-0.15, -0.1) is 22.7 Å². The molecule has 1 N–H and O–H groups in total. The average molecular weight is 173 g/mol. The highest BCUT2D eigenvalue weighted by molar-refractivity contribution is 7.73. The van der Waals surface area contributed by atoms with E-state index in [1.54, 1.807) is 22.7 Å². The Morgan fingerprint density at radius 3 is 3.22 bits per heavy atom. The van der Waals surface area contributed by atoms with E-state index in [1.165, 1.54) is 9.53 Å². The maximum atomic E-state index is 4.94. The maximum Gasteiger partial charge on any atom is 0.160 e. The van der Waals surface area contributed by atoms with Gasteiger partial charge in [-0.05, 0) is 23.7 Å². The Kier molecular flexibility index (Phi) is 1.18. The first-order valence-electron chi connectivity index (χ1n) is 2.42. The predicted molar refractivity (Wildman–Crippen MR) is 44.9 cm³/mol. The number of nitrogens with one attached hydrogen (secondary N) is 1. The van der Waals surface area contributed by atoms with Crippen LogP contribution in [0.3, 0.4) is 0 Å². The molecule has 2 rings (SSSR count). The summed E-state index contributed by atoms with van der Waals surface area (Å²) in [7, 11) is 0. The zero-order valence-electron chi connectivity index (χ0n) is 4.38. The van der Waals surface area contributed by atoms with Gasteiger partial charge in [0, 0.05) is 0 Å². The van der Waals surface area contributed by atoms with Crippen molar-refractivity contribution in [3.63, 3.8) is 0 Å². The third kappa shape index (κ3) is 0.831. The minimum absolute atomic E-state index is 0.872. The molecule has 0 spiro atoms. The smallest absolute Gasteiger partial charge is 0.160 e. The molecule has 0 atom stereocenters. The van der Waals surface area contributed by atoms with Crippen molar-refractivity contribution >= 4 is 44.4 Å². The highest BCUT2D eigenvalue weighted by atomic mass is 32.1. The fraction of sp³-hybridized carbons (Fsp3) is 0. The number of H-pyrrole nitrogens is 1. The zero-order valence-corrected chi connectivity index (χ0v) is 6.83. The first-order chi connectivity index (χ1) is 4.36. The Bertz CT molecular complexity index is 335. The molecule has 0 amide bonds. The molecule has 2 aromatic rings. The van der Waals surface area contributed by atoms with Crippen LogP contribution in [0.2, 0.25) is 0 Å². The lowest BCUT2D eigenvalue weighted by atomic mass is 10.6. The molecule has 0 aromatic carbocycles. The normalized spacial score (nSPS) is 10.7. The SMILES string of the molecule is S=c1[nH]c2sccc2s1. The van der Waals surface area contributed by atoms with Gasteiger partial charge in [0.25, 0.3) is 0 Å². The molecule has 0 unspecified atom stereocenters. The maximum absolute atomic E-state index is 4.94. The molecule has 0 bridgehead atoms. The van der Waals surface area contributed by atoms with E-state index in [2.05, 4.69) is 16.4 Å². The van der Waals surface area contributed by atoms with Crippen molar-refractivity contribution < 1.29 is 0 Å². The largest absolute Gasteiger partial charge is 0.329 e. The van der Waals surface area contributed by atoms with Crippen LogP contribution in [0.25, 0.3) is 9.53 Å². The standard InChI is InChI=1S/C5H3NS3/c7-5-6-4-3(9-5)1-2-8-4/h1-2H,(H,6,7). The number of aromatic amines is 1. The number of aromatic nitrogens is 1. The summed E-state index contributed by atoms with van der Waals surface area (Å²) in [5.74, 6) is 0. The van der Waals surface area contributed by atoms with Gasteiger partial charge in [0.1, 0.15) is 4.83 Å². The molecule has 1 nitrogen and oxygen atoms in total. The monoisotopic (exact) mass is 173 g/mol. The number of fused-ring (bicyclic) bond motifs is 1. The van der Waals surface area contributed by atoms with Crippen LogP contribution in [0.4, 0.5) is 0 Å². The number of hydrogen-bond donors (Lipinski definition) is 1. The Morgan fingerprint density at radius 2 is 2.44 bits per heavy atom. The van der Waals surface area contributed by atoms with Crippen LogP contribution >= 0.6 is 34.9 Å². The average Bonchev–Trinajstić information content (AvgIpc) is 2.22. The quantitative estimate of drug-likeness (QED) is 0.605. The third-order valence-corrected chi connectivity index (χ3v) is 3.21. The van der Waals surface area contributed by atoms with Gasteiger partial charge in [-0.25, -0.2) is 0 Å². The van der Waals surface area contributed by atoms with E-state index in [-0.39, 0.29) is 0 Å². The van der Waals surface area contributed by atoms with Crippen molar-refractivity contribution in [3.05, 3.63) is 15.4 Å². The summed E-state index contributed by atoms with van der Waals surface area (Å²) in [5, 5.41) is 2.06. The van der Waals surface area contributed by atoms with Crippen LogP contribution in [0.15, 0.2) is 11.4 Å². The summed E-state index contributed by atoms with van der Waals surface area (Å²) in [6.07, 6.45) is 0. The van der Waals surface area contributed by atoms with Gasteiger partial charge in [0.15, 0.2) is 3.95 Å². The molecule has 0 fully saturated rings. The van der Waals surface area contributed by atoms with E-state index < -0.39 is 0 Å². The first kappa shape index (κ1) is 5.58. The molecule has 0 aliphatic heterocycles. The van der Waals surface area contributed by atoms with Crippen molar-refractivity contribution in [2.45, 2.75) is 0 Å². The van der Waals surface area contributed by atoms with Crippen molar-refractivity contribution in [2.24, 2.45) is 0 Å². The van der Waals surface area contributed by atoms with Crippen LogP contribution in [0, 0.1) is 3.95 Å². The molecule has 0 saturated heterocycles. The highest BCUT2D eigenvalue weighted by Gasteiger charge is 1.94. The van der Waals surface area contributed by atoms with E-state index in [0.29, 0.717) is 0 Å². The molecule has 0 aliphatic rings. The van der Waals surface area contributed by atoms with Crippen LogP contribution < -0.4 is 0 Å². The van der Waals surface area contributed by atoms with Gasteiger partial charge in [-0.2, -0.15) is 0 Å². The summed E-state index contributed by atoms with van der Waals surface area (Å²) < 4.78 is 2.14. The Balaban J connectivity index is 3.08. The topological polar surface area (TPSA) is 15.8 Å².